The van der Waals surface area contributed by atoms with E-state index in [0.29, 0.717) is 23.4 Å². The number of amides is 1. The minimum Gasteiger partial charge on any atom is -0.398 e. The van der Waals surface area contributed by atoms with Gasteiger partial charge in [0.25, 0.3) is 0 Å². The monoisotopic (exact) mass is 280 g/mol. The van der Waals surface area contributed by atoms with Crippen molar-refractivity contribution in [2.24, 2.45) is 0 Å². The molecule has 0 aliphatic carbocycles. The number of nitrogens with two attached hydrogens (primary N) is 1. The summed E-state index contributed by atoms with van der Waals surface area (Å²) in [6.45, 7) is 0. The number of hydrogen-bond donors (Lipinski definition) is 2. The highest BCUT2D eigenvalue weighted by Crippen LogP contribution is 2.21. The van der Waals surface area contributed by atoms with Crippen LogP contribution in [0.15, 0.2) is 36.4 Å². The van der Waals surface area contributed by atoms with Crippen LogP contribution in [-0.2, 0) is 11.2 Å². The van der Waals surface area contributed by atoms with Crippen LogP contribution in [0.2, 0.25) is 0 Å². The van der Waals surface area contributed by atoms with Crippen LogP contribution in [0.25, 0.3) is 0 Å². The molecule has 0 saturated heterocycles. The summed E-state index contributed by atoms with van der Waals surface area (Å²) in [6, 6.07) is 7.63. The average Bonchev–Trinajstić information content (AvgIpc) is 2.36. The van der Waals surface area contributed by atoms with Gasteiger partial charge in [-0.1, -0.05) is 18.2 Å². The van der Waals surface area contributed by atoms with Crippen molar-refractivity contribution in [3.05, 3.63) is 59.4 Å². The number of benzene rings is 2. The van der Waals surface area contributed by atoms with Crippen molar-refractivity contribution in [3.63, 3.8) is 0 Å². The second-order valence-electron chi connectivity index (χ2n) is 4.17. The predicted molar refractivity (Wildman–Crippen MR) is 69.5 cm³/mol. The zero-order valence-corrected chi connectivity index (χ0v) is 10.3. The lowest BCUT2D eigenvalue weighted by Crippen LogP contribution is -2.17. The van der Waals surface area contributed by atoms with Gasteiger partial charge in [0.15, 0.2) is 11.6 Å². The van der Waals surface area contributed by atoms with Crippen LogP contribution < -0.4 is 11.1 Å². The van der Waals surface area contributed by atoms with E-state index in [2.05, 4.69) is 5.32 Å². The van der Waals surface area contributed by atoms with E-state index in [0.717, 1.165) is 0 Å². The molecule has 2 aromatic carbocycles. The highest BCUT2D eigenvalue weighted by molar-refractivity contribution is 5.93. The number of hydrogen-bond acceptors (Lipinski definition) is 2. The Morgan fingerprint density at radius 3 is 2.30 bits per heavy atom. The number of para-hydroxylation sites is 1. The van der Waals surface area contributed by atoms with Crippen LogP contribution in [0.5, 0.6) is 0 Å². The fourth-order valence-electron chi connectivity index (χ4n) is 1.71. The van der Waals surface area contributed by atoms with Crippen LogP contribution in [-0.4, -0.2) is 5.91 Å². The number of anilines is 2. The standard InChI is InChI=1S/C14H11F3N2O/c15-9-6-10(16)14(11(17)7-9)19-13(20)5-8-3-1-2-4-12(8)18/h1-4,6-7H,5,18H2,(H,19,20). The normalized spacial score (nSPS) is 10.3. The van der Waals surface area contributed by atoms with E-state index < -0.39 is 29.0 Å². The molecule has 104 valence electrons. The number of rotatable bonds is 3. The molecule has 0 fully saturated rings. The third-order valence-corrected chi connectivity index (χ3v) is 2.68. The first-order chi connectivity index (χ1) is 9.47. The summed E-state index contributed by atoms with van der Waals surface area (Å²) in [4.78, 5) is 11.7. The first-order valence-electron chi connectivity index (χ1n) is 5.75. The van der Waals surface area contributed by atoms with Gasteiger partial charge >= 0.3 is 0 Å². The molecule has 0 aliphatic rings. The largest absolute Gasteiger partial charge is 0.398 e. The van der Waals surface area contributed by atoms with Gasteiger partial charge in [-0.3, -0.25) is 4.79 Å². The molecular weight excluding hydrogens is 269 g/mol. The van der Waals surface area contributed by atoms with Crippen LogP contribution in [0.3, 0.4) is 0 Å². The Kier molecular flexibility index (Phi) is 3.93. The lowest BCUT2D eigenvalue weighted by molar-refractivity contribution is -0.115. The van der Waals surface area contributed by atoms with E-state index in [4.69, 9.17) is 5.73 Å². The smallest absolute Gasteiger partial charge is 0.229 e. The molecule has 6 heteroatoms. The highest BCUT2D eigenvalue weighted by Gasteiger charge is 2.15. The van der Waals surface area contributed by atoms with Gasteiger partial charge in [0.2, 0.25) is 5.91 Å². The number of nitrogens with one attached hydrogen (secondary N) is 1. The molecule has 0 unspecified atom stereocenters. The number of carbonyl (C=O) groups is 1. The fraction of sp³-hybridized carbons (Fsp3) is 0.0714. The topological polar surface area (TPSA) is 55.1 Å². The van der Waals surface area contributed by atoms with Crippen molar-refractivity contribution in [1.29, 1.82) is 0 Å². The van der Waals surface area contributed by atoms with Crippen LogP contribution in [0.1, 0.15) is 5.56 Å². The van der Waals surface area contributed by atoms with Gasteiger partial charge in [-0.2, -0.15) is 0 Å². The molecule has 2 aromatic rings. The Morgan fingerprint density at radius 1 is 1.10 bits per heavy atom. The number of nitrogen functional groups attached to an aromatic ring is 1. The molecule has 3 N–H and O–H groups in total. The zero-order valence-electron chi connectivity index (χ0n) is 10.3. The summed E-state index contributed by atoms with van der Waals surface area (Å²) in [7, 11) is 0. The third kappa shape index (κ3) is 3.09. The SMILES string of the molecule is Nc1ccccc1CC(=O)Nc1c(F)cc(F)cc1F. The molecule has 0 heterocycles. The summed E-state index contributed by atoms with van der Waals surface area (Å²) < 4.78 is 39.5. The lowest BCUT2D eigenvalue weighted by atomic mass is 10.1. The van der Waals surface area contributed by atoms with E-state index >= 15 is 0 Å². The molecule has 0 radical (unpaired) electrons. The Labute approximate surface area is 113 Å². The Morgan fingerprint density at radius 2 is 1.70 bits per heavy atom. The first-order valence-corrected chi connectivity index (χ1v) is 5.75. The predicted octanol–water partition coefficient (Wildman–Crippen LogP) is 2.87. The van der Waals surface area contributed by atoms with E-state index in [9.17, 15) is 18.0 Å². The minimum atomic E-state index is -1.17. The summed E-state index contributed by atoms with van der Waals surface area (Å²) >= 11 is 0. The molecule has 0 aromatic heterocycles. The Balaban J connectivity index is 2.15. The molecular formula is C14H11F3N2O. The molecule has 3 nitrogen and oxygen atoms in total. The van der Waals surface area contributed by atoms with Gasteiger partial charge in [-0.15, -0.1) is 0 Å². The maximum atomic E-state index is 13.4. The van der Waals surface area contributed by atoms with Crippen molar-refractivity contribution in [1.82, 2.24) is 0 Å². The second-order valence-corrected chi connectivity index (χ2v) is 4.17. The highest BCUT2D eigenvalue weighted by atomic mass is 19.1. The van der Waals surface area contributed by atoms with Crippen molar-refractivity contribution < 1.29 is 18.0 Å². The maximum Gasteiger partial charge on any atom is 0.229 e. The molecule has 2 rings (SSSR count). The Hall–Kier alpha value is -2.50. The molecule has 20 heavy (non-hydrogen) atoms. The molecule has 1 amide bonds. The second kappa shape index (κ2) is 5.64. The van der Waals surface area contributed by atoms with E-state index in [1.807, 2.05) is 0 Å². The lowest BCUT2D eigenvalue weighted by Gasteiger charge is -2.09. The average molecular weight is 280 g/mol. The van der Waals surface area contributed by atoms with Crippen molar-refractivity contribution >= 4 is 17.3 Å². The maximum absolute atomic E-state index is 13.4. The summed E-state index contributed by atoms with van der Waals surface area (Å²) in [5.41, 5.74) is 5.93. The zero-order chi connectivity index (χ0) is 14.7. The van der Waals surface area contributed by atoms with Crippen molar-refractivity contribution in [3.8, 4) is 0 Å². The van der Waals surface area contributed by atoms with Gasteiger partial charge in [-0.05, 0) is 11.6 Å². The third-order valence-electron chi connectivity index (χ3n) is 2.68. The number of halogens is 3. The van der Waals surface area contributed by atoms with Crippen LogP contribution in [0, 0.1) is 17.5 Å². The van der Waals surface area contributed by atoms with Gasteiger partial charge in [0, 0.05) is 17.8 Å². The Bertz CT molecular complexity index is 636. The van der Waals surface area contributed by atoms with E-state index in [-0.39, 0.29) is 6.42 Å². The van der Waals surface area contributed by atoms with Gasteiger partial charge in [0.05, 0.1) is 6.42 Å². The van der Waals surface area contributed by atoms with Crippen molar-refractivity contribution in [2.75, 3.05) is 11.1 Å². The van der Waals surface area contributed by atoms with Crippen LogP contribution in [0.4, 0.5) is 24.5 Å². The van der Waals surface area contributed by atoms with Gasteiger partial charge in [0.1, 0.15) is 11.5 Å². The van der Waals surface area contributed by atoms with E-state index in [1.54, 1.807) is 24.3 Å². The summed E-state index contributed by atoms with van der Waals surface area (Å²) in [5, 5.41) is 2.07. The quantitative estimate of drug-likeness (QED) is 0.849. The first kappa shape index (κ1) is 13.9. The molecule has 0 atom stereocenters. The molecule has 0 aliphatic heterocycles. The summed E-state index contributed by atoms with van der Waals surface area (Å²) in [5.74, 6) is -4.04. The van der Waals surface area contributed by atoms with Gasteiger partial charge < -0.3 is 11.1 Å². The molecule has 0 saturated carbocycles. The van der Waals surface area contributed by atoms with E-state index in [1.165, 1.54) is 0 Å². The molecule has 0 bridgehead atoms. The minimum absolute atomic E-state index is 0.136. The van der Waals surface area contributed by atoms with Crippen molar-refractivity contribution in [2.45, 2.75) is 6.42 Å². The van der Waals surface area contributed by atoms with Crippen LogP contribution >= 0.6 is 0 Å². The van der Waals surface area contributed by atoms with Gasteiger partial charge in [-0.25, -0.2) is 13.2 Å². The summed E-state index contributed by atoms with van der Waals surface area (Å²) in [6.07, 6.45) is -0.136. The number of carbonyl (C=O) groups excluding carboxylic acids is 1. The molecule has 0 spiro atoms. The fourth-order valence-corrected chi connectivity index (χ4v) is 1.71.